The van der Waals surface area contributed by atoms with Crippen molar-refractivity contribution in [1.82, 2.24) is 9.97 Å². The molecule has 1 aromatic heterocycles. The van der Waals surface area contributed by atoms with Gasteiger partial charge in [-0.05, 0) is 11.6 Å². The summed E-state index contributed by atoms with van der Waals surface area (Å²) in [5.41, 5.74) is 7.87. The van der Waals surface area contributed by atoms with Crippen LogP contribution >= 0.6 is 0 Å². The van der Waals surface area contributed by atoms with Gasteiger partial charge in [0.15, 0.2) is 0 Å². The quantitative estimate of drug-likeness (QED) is 0.912. The Kier molecular flexibility index (Phi) is 3.31. The van der Waals surface area contributed by atoms with Crippen LogP contribution in [-0.2, 0) is 24.2 Å². The number of nitrogens with zero attached hydrogens (tertiary/aromatic N) is 2. The third-order valence-electron chi connectivity index (χ3n) is 3.26. The van der Waals surface area contributed by atoms with Crippen molar-refractivity contribution in [2.75, 3.05) is 12.3 Å². The molecule has 1 aliphatic heterocycles. The summed E-state index contributed by atoms with van der Waals surface area (Å²) in [7, 11) is 0. The highest BCUT2D eigenvalue weighted by atomic mass is 19.1. The fraction of sp³-hybridized carbons (Fsp3) is 0.286. The molecule has 0 saturated carbocycles. The zero-order valence-electron chi connectivity index (χ0n) is 10.7. The Morgan fingerprint density at radius 3 is 2.90 bits per heavy atom. The summed E-state index contributed by atoms with van der Waals surface area (Å²) in [5, 5.41) is 0. The summed E-state index contributed by atoms with van der Waals surface area (Å²) < 4.78 is 31.8. The minimum absolute atomic E-state index is 0.185. The molecule has 1 aliphatic rings. The lowest BCUT2D eigenvalue weighted by Crippen LogP contribution is -2.17. The van der Waals surface area contributed by atoms with Crippen LogP contribution in [0.3, 0.4) is 0 Å². The molecule has 2 aromatic rings. The van der Waals surface area contributed by atoms with Gasteiger partial charge in [0.25, 0.3) is 0 Å². The Morgan fingerprint density at radius 1 is 1.25 bits per heavy atom. The van der Waals surface area contributed by atoms with Crippen molar-refractivity contribution >= 4 is 5.82 Å². The summed E-state index contributed by atoms with van der Waals surface area (Å²) in [6.07, 6.45) is 0.853. The summed E-state index contributed by atoms with van der Waals surface area (Å²) in [6, 6.07) is 3.46. The van der Waals surface area contributed by atoms with Gasteiger partial charge < -0.3 is 10.5 Å². The number of aromatic nitrogens is 2. The van der Waals surface area contributed by atoms with Gasteiger partial charge >= 0.3 is 0 Å². The number of fused-ring (bicyclic) bond motifs is 1. The number of hydrogen-bond acceptors (Lipinski definition) is 4. The number of rotatable bonds is 2. The zero-order valence-corrected chi connectivity index (χ0v) is 10.7. The lowest BCUT2D eigenvalue weighted by atomic mass is 10.1. The third kappa shape index (κ3) is 2.46. The summed E-state index contributed by atoms with van der Waals surface area (Å²) >= 11 is 0. The number of halogens is 2. The molecule has 0 atom stereocenters. The second kappa shape index (κ2) is 5.13. The van der Waals surface area contributed by atoms with E-state index in [0.717, 1.165) is 17.3 Å². The van der Waals surface area contributed by atoms with Crippen molar-refractivity contribution in [3.63, 3.8) is 0 Å². The smallest absolute Gasteiger partial charge is 0.135 e. The second-order valence-electron chi connectivity index (χ2n) is 4.67. The molecule has 0 fully saturated rings. The fourth-order valence-corrected chi connectivity index (χ4v) is 2.22. The number of anilines is 1. The van der Waals surface area contributed by atoms with Crippen LogP contribution in [-0.4, -0.2) is 16.6 Å². The van der Waals surface area contributed by atoms with Crippen LogP contribution in [0.15, 0.2) is 18.2 Å². The van der Waals surface area contributed by atoms with Crippen molar-refractivity contribution in [1.29, 1.82) is 0 Å². The van der Waals surface area contributed by atoms with E-state index in [1.165, 1.54) is 12.1 Å². The number of nitrogens with two attached hydrogens (primary N) is 1. The predicted octanol–water partition coefficient (Wildman–Crippen LogP) is 2.00. The van der Waals surface area contributed by atoms with Gasteiger partial charge in [-0.1, -0.05) is 6.07 Å². The van der Waals surface area contributed by atoms with Crippen molar-refractivity contribution < 1.29 is 13.5 Å². The van der Waals surface area contributed by atoms with E-state index >= 15 is 0 Å². The molecule has 0 unspecified atom stereocenters. The van der Waals surface area contributed by atoms with E-state index < -0.39 is 11.6 Å². The molecule has 0 amide bonds. The van der Waals surface area contributed by atoms with E-state index in [1.807, 2.05) is 0 Å². The standard InChI is InChI=1S/C14H13F2N3O/c15-9-2-1-8(11(16)6-9)5-13-18-12-3-4-20-7-10(12)14(17)19-13/h1-2,6H,3-5,7H2,(H2,17,18,19). The molecule has 1 aromatic carbocycles. The first kappa shape index (κ1) is 12.9. The maximum Gasteiger partial charge on any atom is 0.135 e. The van der Waals surface area contributed by atoms with Gasteiger partial charge in [0.2, 0.25) is 0 Å². The van der Waals surface area contributed by atoms with Crippen LogP contribution in [0.5, 0.6) is 0 Å². The molecule has 3 rings (SSSR count). The molecule has 20 heavy (non-hydrogen) atoms. The maximum atomic E-state index is 13.6. The average Bonchev–Trinajstić information content (AvgIpc) is 2.42. The number of benzene rings is 1. The van der Waals surface area contributed by atoms with Gasteiger partial charge in [-0.3, -0.25) is 0 Å². The van der Waals surface area contributed by atoms with Crippen molar-refractivity contribution in [3.8, 4) is 0 Å². The Hall–Kier alpha value is -2.08. The number of ether oxygens (including phenoxy) is 1. The molecule has 2 N–H and O–H groups in total. The first-order valence-electron chi connectivity index (χ1n) is 6.29. The van der Waals surface area contributed by atoms with E-state index in [9.17, 15) is 8.78 Å². The minimum Gasteiger partial charge on any atom is -0.383 e. The van der Waals surface area contributed by atoms with Crippen LogP contribution in [0.2, 0.25) is 0 Å². The molecule has 104 valence electrons. The van der Waals surface area contributed by atoms with Crippen molar-refractivity contribution in [2.45, 2.75) is 19.4 Å². The molecule has 0 aliphatic carbocycles. The van der Waals surface area contributed by atoms with E-state index in [0.29, 0.717) is 36.8 Å². The van der Waals surface area contributed by atoms with Gasteiger partial charge in [-0.15, -0.1) is 0 Å². The van der Waals surface area contributed by atoms with Crippen LogP contribution in [0.1, 0.15) is 22.6 Å². The highest BCUT2D eigenvalue weighted by molar-refractivity contribution is 5.43. The summed E-state index contributed by atoms with van der Waals surface area (Å²) in [5.74, 6) is -0.400. The third-order valence-corrected chi connectivity index (χ3v) is 3.26. The van der Waals surface area contributed by atoms with Crippen LogP contribution in [0.25, 0.3) is 0 Å². The number of nitrogen functional groups attached to an aromatic ring is 1. The lowest BCUT2D eigenvalue weighted by Gasteiger charge is -2.17. The zero-order chi connectivity index (χ0) is 14.1. The molecule has 0 bridgehead atoms. The molecule has 0 spiro atoms. The van der Waals surface area contributed by atoms with Crippen LogP contribution < -0.4 is 5.73 Å². The van der Waals surface area contributed by atoms with Gasteiger partial charge in [-0.2, -0.15) is 0 Å². The topological polar surface area (TPSA) is 61.0 Å². The van der Waals surface area contributed by atoms with E-state index in [-0.39, 0.29) is 6.42 Å². The molecule has 2 heterocycles. The summed E-state index contributed by atoms with van der Waals surface area (Å²) in [6.45, 7) is 1.00. The molecule has 0 saturated heterocycles. The largest absolute Gasteiger partial charge is 0.383 e. The average molecular weight is 277 g/mol. The summed E-state index contributed by atoms with van der Waals surface area (Å²) in [4.78, 5) is 8.57. The first-order valence-corrected chi connectivity index (χ1v) is 6.29. The van der Waals surface area contributed by atoms with Crippen molar-refractivity contribution in [2.24, 2.45) is 0 Å². The molecule has 4 nitrogen and oxygen atoms in total. The Morgan fingerprint density at radius 2 is 2.10 bits per heavy atom. The maximum absolute atomic E-state index is 13.6. The lowest BCUT2D eigenvalue weighted by molar-refractivity contribution is 0.109. The van der Waals surface area contributed by atoms with Gasteiger partial charge in [0.05, 0.1) is 18.9 Å². The normalized spacial score (nSPS) is 14.1. The SMILES string of the molecule is Nc1nc(Cc2ccc(F)cc2F)nc2c1COCC2. The predicted molar refractivity (Wildman–Crippen MR) is 69.0 cm³/mol. The van der Waals surface area contributed by atoms with Gasteiger partial charge in [-0.25, -0.2) is 18.7 Å². The molecule has 0 radical (unpaired) electrons. The second-order valence-corrected chi connectivity index (χ2v) is 4.67. The van der Waals surface area contributed by atoms with E-state index in [2.05, 4.69) is 9.97 Å². The monoisotopic (exact) mass is 277 g/mol. The molecular weight excluding hydrogens is 264 g/mol. The highest BCUT2D eigenvalue weighted by Gasteiger charge is 2.17. The Labute approximate surface area is 114 Å². The molecular formula is C14H13F2N3O. The first-order chi connectivity index (χ1) is 9.63. The van der Waals surface area contributed by atoms with Crippen molar-refractivity contribution in [3.05, 3.63) is 52.5 Å². The molecule has 6 heteroatoms. The minimum atomic E-state index is -0.603. The van der Waals surface area contributed by atoms with Gasteiger partial charge in [0.1, 0.15) is 23.3 Å². The van der Waals surface area contributed by atoms with Crippen LogP contribution in [0.4, 0.5) is 14.6 Å². The van der Waals surface area contributed by atoms with E-state index in [4.69, 9.17) is 10.5 Å². The van der Waals surface area contributed by atoms with Crippen LogP contribution in [0, 0.1) is 11.6 Å². The Balaban J connectivity index is 1.93. The highest BCUT2D eigenvalue weighted by Crippen LogP contribution is 2.21. The number of hydrogen-bond donors (Lipinski definition) is 1. The van der Waals surface area contributed by atoms with Gasteiger partial charge in [0, 0.05) is 24.5 Å². The van der Waals surface area contributed by atoms with E-state index in [1.54, 1.807) is 0 Å². The fourth-order valence-electron chi connectivity index (χ4n) is 2.22. The Bertz CT molecular complexity index is 661.